The van der Waals surface area contributed by atoms with Crippen molar-refractivity contribution in [1.29, 1.82) is 0 Å². The third-order valence-electron chi connectivity index (χ3n) is 7.25. The number of hydrogen-bond donors (Lipinski definition) is 0. The van der Waals surface area contributed by atoms with E-state index >= 15 is 0 Å². The van der Waals surface area contributed by atoms with Crippen molar-refractivity contribution in [1.82, 2.24) is 4.57 Å². The summed E-state index contributed by atoms with van der Waals surface area (Å²) in [4.78, 5) is 32.7. The molecule has 1 atom stereocenters. The van der Waals surface area contributed by atoms with E-state index in [0.717, 1.165) is 36.4 Å². The first-order valence-electron chi connectivity index (χ1n) is 13.8. The number of halogens is 3. The largest absolute Gasteiger partial charge is 0.487 e. The van der Waals surface area contributed by atoms with Gasteiger partial charge in [-0.25, -0.2) is 9.79 Å². The Kier molecular flexibility index (Phi) is 8.91. The highest BCUT2D eigenvalue weighted by Gasteiger charge is 2.34. The summed E-state index contributed by atoms with van der Waals surface area (Å²) in [5.74, 6) is 0.159. The minimum absolute atomic E-state index is 0.214. The quantitative estimate of drug-likeness (QED) is 0.160. The van der Waals surface area contributed by atoms with Crippen molar-refractivity contribution >= 4 is 77.6 Å². The number of hydrogen-bond acceptors (Lipinski definition) is 6. The first kappa shape index (κ1) is 30.5. The molecule has 1 aromatic heterocycles. The lowest BCUT2D eigenvalue weighted by Gasteiger charge is -2.25. The second-order valence-corrected chi connectivity index (χ2v) is 13.3. The fraction of sp³-hybridized carbons (Fsp3) is 0.147. The number of nitrogens with zero attached hydrogens (tertiary/aromatic N) is 2. The summed E-state index contributed by atoms with van der Waals surface area (Å²) in [7, 11) is 0. The van der Waals surface area contributed by atoms with Gasteiger partial charge in [-0.1, -0.05) is 77.5 Å². The van der Waals surface area contributed by atoms with E-state index in [-0.39, 0.29) is 12.2 Å². The SMILES string of the molecule is CCOC(=O)C1=C(C)N=c2s/c(=C\c3cc(Br)c(OCc4ccc(Cl)cc4)c(Br)c3)c(=O)n2[C@@H]1c1cccc2ccccc12. The third kappa shape index (κ3) is 5.94. The van der Waals surface area contributed by atoms with Crippen molar-refractivity contribution in [3.8, 4) is 5.75 Å². The normalized spacial score (nSPS) is 14.8. The molecule has 222 valence electrons. The summed E-state index contributed by atoms with van der Waals surface area (Å²) in [6.45, 7) is 4.13. The van der Waals surface area contributed by atoms with Gasteiger partial charge in [0.15, 0.2) is 4.80 Å². The Labute approximate surface area is 279 Å². The van der Waals surface area contributed by atoms with Crippen molar-refractivity contribution < 1.29 is 14.3 Å². The van der Waals surface area contributed by atoms with Crippen LogP contribution in [-0.2, 0) is 16.1 Å². The Hall–Kier alpha value is -3.50. The molecule has 0 amide bonds. The molecule has 0 saturated heterocycles. The van der Waals surface area contributed by atoms with Gasteiger partial charge in [0.05, 0.1) is 37.4 Å². The standard InChI is InChI=1S/C34H25Br2ClN2O4S/c1-3-42-33(41)29-19(2)38-34-39(30(29)25-10-6-8-22-7-4-5-9-24(22)25)32(40)28(44-34)17-21-15-26(35)31(27(36)16-21)43-18-20-11-13-23(37)14-12-20/h4-17,30H,3,18H2,1-2H3/b28-17-/t30-/m1/s1. The molecule has 0 aliphatic carbocycles. The molecule has 5 aromatic rings. The summed E-state index contributed by atoms with van der Waals surface area (Å²) in [6, 6.07) is 24.4. The van der Waals surface area contributed by atoms with Gasteiger partial charge in [0, 0.05) is 5.02 Å². The summed E-state index contributed by atoms with van der Waals surface area (Å²) in [5, 5.41) is 2.63. The van der Waals surface area contributed by atoms with Gasteiger partial charge in [-0.05, 0) is 104 Å². The number of ether oxygens (including phenoxy) is 2. The molecule has 2 heterocycles. The predicted molar refractivity (Wildman–Crippen MR) is 182 cm³/mol. The smallest absolute Gasteiger partial charge is 0.338 e. The number of rotatable bonds is 7. The van der Waals surface area contributed by atoms with Crippen molar-refractivity contribution in [3.63, 3.8) is 0 Å². The van der Waals surface area contributed by atoms with Crippen LogP contribution in [0.4, 0.5) is 0 Å². The highest BCUT2D eigenvalue weighted by molar-refractivity contribution is 9.11. The van der Waals surface area contributed by atoms with Crippen LogP contribution in [0.25, 0.3) is 16.8 Å². The van der Waals surface area contributed by atoms with Crippen LogP contribution >= 0.6 is 54.8 Å². The number of aromatic nitrogens is 1. The van der Waals surface area contributed by atoms with Crippen molar-refractivity contribution in [2.24, 2.45) is 4.99 Å². The predicted octanol–water partition coefficient (Wildman–Crippen LogP) is 7.71. The maximum absolute atomic E-state index is 14.1. The first-order chi connectivity index (χ1) is 21.2. The summed E-state index contributed by atoms with van der Waals surface area (Å²) >= 11 is 14.5. The lowest BCUT2D eigenvalue weighted by Crippen LogP contribution is -2.40. The maximum atomic E-state index is 14.1. The van der Waals surface area contributed by atoms with Gasteiger partial charge in [0.1, 0.15) is 12.4 Å². The molecule has 6 nitrogen and oxygen atoms in total. The summed E-state index contributed by atoms with van der Waals surface area (Å²) in [6.07, 6.45) is 1.83. The molecule has 1 aliphatic heterocycles. The molecular formula is C34H25Br2ClN2O4S. The van der Waals surface area contributed by atoms with E-state index in [1.807, 2.05) is 84.9 Å². The first-order valence-corrected chi connectivity index (χ1v) is 16.6. The van der Waals surface area contributed by atoms with Crippen LogP contribution < -0.4 is 19.6 Å². The van der Waals surface area contributed by atoms with Gasteiger partial charge < -0.3 is 9.47 Å². The van der Waals surface area contributed by atoms with E-state index in [2.05, 4.69) is 31.9 Å². The zero-order valence-corrected chi connectivity index (χ0v) is 28.4. The molecular weight excluding hydrogens is 728 g/mol. The van der Waals surface area contributed by atoms with Crippen molar-refractivity contribution in [2.45, 2.75) is 26.5 Å². The fourth-order valence-corrected chi connectivity index (χ4v) is 7.89. The van der Waals surface area contributed by atoms with E-state index in [0.29, 0.717) is 38.0 Å². The van der Waals surface area contributed by atoms with Gasteiger partial charge in [-0.2, -0.15) is 0 Å². The highest BCUT2D eigenvalue weighted by Crippen LogP contribution is 2.37. The average molecular weight is 753 g/mol. The lowest BCUT2D eigenvalue weighted by atomic mass is 9.91. The summed E-state index contributed by atoms with van der Waals surface area (Å²) in [5.41, 5.74) is 3.25. The van der Waals surface area contributed by atoms with E-state index in [1.165, 1.54) is 11.3 Å². The molecule has 1 aliphatic rings. The second-order valence-electron chi connectivity index (χ2n) is 10.1. The van der Waals surface area contributed by atoms with E-state index in [9.17, 15) is 9.59 Å². The Bertz CT molecular complexity index is 2110. The van der Waals surface area contributed by atoms with Gasteiger partial charge in [-0.15, -0.1) is 0 Å². The van der Waals surface area contributed by atoms with Crippen LogP contribution in [0.2, 0.25) is 5.02 Å². The molecule has 6 rings (SSSR count). The number of carbonyl (C=O) groups is 1. The van der Waals surface area contributed by atoms with Crippen LogP contribution in [0.15, 0.2) is 109 Å². The molecule has 10 heteroatoms. The molecule has 0 N–H and O–H groups in total. The number of thiazole rings is 1. The maximum Gasteiger partial charge on any atom is 0.338 e. The number of benzene rings is 4. The highest BCUT2D eigenvalue weighted by atomic mass is 79.9. The van der Waals surface area contributed by atoms with Gasteiger partial charge in [0.25, 0.3) is 5.56 Å². The Morgan fingerprint density at radius 1 is 1.05 bits per heavy atom. The van der Waals surface area contributed by atoms with Crippen LogP contribution in [-0.4, -0.2) is 17.1 Å². The van der Waals surface area contributed by atoms with Gasteiger partial charge in [-0.3, -0.25) is 9.36 Å². The minimum Gasteiger partial charge on any atom is -0.487 e. The Morgan fingerprint density at radius 3 is 2.48 bits per heavy atom. The lowest BCUT2D eigenvalue weighted by molar-refractivity contribution is -0.139. The van der Waals surface area contributed by atoms with Crippen molar-refractivity contribution in [3.05, 3.63) is 140 Å². The Balaban J connectivity index is 1.44. The van der Waals surface area contributed by atoms with E-state index in [1.54, 1.807) is 18.4 Å². The molecule has 0 unspecified atom stereocenters. The Morgan fingerprint density at radius 2 is 1.75 bits per heavy atom. The molecule has 44 heavy (non-hydrogen) atoms. The molecule has 0 saturated carbocycles. The molecule has 0 fully saturated rings. The van der Waals surface area contributed by atoms with Crippen LogP contribution in [0.3, 0.4) is 0 Å². The molecule has 0 spiro atoms. The zero-order valence-electron chi connectivity index (χ0n) is 23.6. The van der Waals surface area contributed by atoms with Gasteiger partial charge in [0.2, 0.25) is 0 Å². The second kappa shape index (κ2) is 12.9. The third-order valence-corrected chi connectivity index (χ3v) is 9.66. The topological polar surface area (TPSA) is 69.9 Å². The van der Waals surface area contributed by atoms with E-state index in [4.69, 9.17) is 26.1 Å². The summed E-state index contributed by atoms with van der Waals surface area (Å²) < 4.78 is 15.1. The minimum atomic E-state index is -0.694. The number of esters is 1. The van der Waals surface area contributed by atoms with Crippen molar-refractivity contribution in [2.75, 3.05) is 6.61 Å². The molecule has 0 radical (unpaired) electrons. The number of carbonyl (C=O) groups excluding carboxylic acids is 1. The van der Waals surface area contributed by atoms with Crippen LogP contribution in [0.5, 0.6) is 5.75 Å². The zero-order chi connectivity index (χ0) is 31.0. The number of fused-ring (bicyclic) bond motifs is 2. The molecule has 0 bridgehead atoms. The fourth-order valence-electron chi connectivity index (χ4n) is 5.26. The van der Waals surface area contributed by atoms with Crippen LogP contribution in [0, 0.1) is 0 Å². The molecule has 4 aromatic carbocycles. The average Bonchev–Trinajstić information content (AvgIpc) is 3.30. The van der Waals surface area contributed by atoms with Gasteiger partial charge >= 0.3 is 5.97 Å². The van der Waals surface area contributed by atoms with E-state index < -0.39 is 12.0 Å². The number of allylic oxidation sites excluding steroid dienone is 1. The monoisotopic (exact) mass is 750 g/mol. The van der Waals surface area contributed by atoms with Crippen LogP contribution in [0.1, 0.15) is 36.6 Å².